The fourth-order valence-corrected chi connectivity index (χ4v) is 3.99. The second-order valence-corrected chi connectivity index (χ2v) is 7.38. The molecule has 0 saturated carbocycles. The molecule has 1 aromatic heterocycles. The van der Waals surface area contributed by atoms with Crippen molar-refractivity contribution in [1.82, 2.24) is 15.1 Å². The quantitative estimate of drug-likeness (QED) is 0.391. The average Bonchev–Trinajstić information content (AvgIpc) is 3.42. The molecule has 1 aliphatic carbocycles. The Hall–Kier alpha value is -2.03. The van der Waals surface area contributed by atoms with Crippen molar-refractivity contribution in [2.24, 2.45) is 4.99 Å². The van der Waals surface area contributed by atoms with Gasteiger partial charge in [0.1, 0.15) is 0 Å². The topological polar surface area (TPSA) is 61.1 Å². The number of aliphatic imine (C=N–C) groups is 1. The summed E-state index contributed by atoms with van der Waals surface area (Å²) >= 11 is 0. The van der Waals surface area contributed by atoms with Gasteiger partial charge in [-0.05, 0) is 55.0 Å². The molecule has 1 amide bonds. The predicted octanol–water partition coefficient (Wildman–Crippen LogP) is 3.31. The number of hydrogen-bond donors (Lipinski definition) is 1. The van der Waals surface area contributed by atoms with Gasteiger partial charge in [-0.25, -0.2) is 4.99 Å². The summed E-state index contributed by atoms with van der Waals surface area (Å²) in [5.41, 5.74) is 4.25. The van der Waals surface area contributed by atoms with Crippen LogP contribution < -0.4 is 5.32 Å². The molecule has 2 aromatic rings. The summed E-state index contributed by atoms with van der Waals surface area (Å²) in [6.07, 6.45) is 5.21. The van der Waals surface area contributed by atoms with Gasteiger partial charge in [0.25, 0.3) is 5.91 Å². The van der Waals surface area contributed by atoms with Crippen molar-refractivity contribution in [3.05, 3.63) is 59.0 Å². The van der Waals surface area contributed by atoms with Crippen LogP contribution in [-0.2, 0) is 19.4 Å². The van der Waals surface area contributed by atoms with Gasteiger partial charge >= 0.3 is 0 Å². The molecule has 4 rings (SSSR count). The molecule has 7 heteroatoms. The lowest BCUT2D eigenvalue weighted by atomic mass is 10.1. The van der Waals surface area contributed by atoms with Crippen LogP contribution in [0.25, 0.3) is 0 Å². The molecule has 6 nitrogen and oxygen atoms in total. The Bertz CT molecular complexity index is 843. The minimum absolute atomic E-state index is 0. The molecule has 2 aliphatic rings. The first-order valence-corrected chi connectivity index (χ1v) is 10.2. The van der Waals surface area contributed by atoms with Crippen molar-refractivity contribution in [3.63, 3.8) is 0 Å². The normalized spacial score (nSPS) is 16.4. The van der Waals surface area contributed by atoms with Crippen molar-refractivity contribution < 1.29 is 9.21 Å². The first-order chi connectivity index (χ1) is 13.7. The number of carbonyl (C=O) groups excluding carboxylic acids is 1. The van der Waals surface area contributed by atoms with Crippen molar-refractivity contribution in [3.8, 4) is 0 Å². The summed E-state index contributed by atoms with van der Waals surface area (Å²) in [7, 11) is 0. The molecule has 1 aliphatic heterocycles. The summed E-state index contributed by atoms with van der Waals surface area (Å²) in [6, 6.07) is 10.3. The summed E-state index contributed by atoms with van der Waals surface area (Å²) in [4.78, 5) is 21.4. The van der Waals surface area contributed by atoms with Crippen molar-refractivity contribution in [2.75, 3.05) is 32.7 Å². The first-order valence-electron chi connectivity index (χ1n) is 10.2. The molecule has 0 unspecified atom stereocenters. The van der Waals surface area contributed by atoms with Crippen LogP contribution >= 0.6 is 24.0 Å². The van der Waals surface area contributed by atoms with Gasteiger partial charge in [0, 0.05) is 32.7 Å². The lowest BCUT2D eigenvalue weighted by Crippen LogP contribution is -2.53. The van der Waals surface area contributed by atoms with Gasteiger partial charge in [-0.2, -0.15) is 0 Å². The molecule has 0 atom stereocenters. The van der Waals surface area contributed by atoms with E-state index in [0.717, 1.165) is 25.6 Å². The average molecular weight is 508 g/mol. The molecular formula is C22H29IN4O2. The van der Waals surface area contributed by atoms with E-state index in [2.05, 4.69) is 35.3 Å². The third-order valence-electron chi connectivity index (χ3n) is 5.51. The minimum atomic E-state index is -0.0373. The van der Waals surface area contributed by atoms with Gasteiger partial charge in [0.15, 0.2) is 11.7 Å². The number of amides is 1. The van der Waals surface area contributed by atoms with Gasteiger partial charge in [-0.3, -0.25) is 4.79 Å². The maximum Gasteiger partial charge on any atom is 0.289 e. The number of carbonyl (C=O) groups is 1. The zero-order chi connectivity index (χ0) is 19.3. The number of piperazine rings is 1. The standard InChI is InChI=1S/C22H28N4O2.HI/c1-2-23-22(24-16-17-8-9-18-5-3-6-19(18)15-17)26-12-10-25(11-13-26)21(27)20-7-4-14-28-20;/h4,7-9,14-15H,2-3,5-6,10-13,16H2,1H3,(H,23,24);1H. The number of aryl methyl sites for hydroxylation is 2. The molecule has 0 spiro atoms. The highest BCUT2D eigenvalue weighted by Crippen LogP contribution is 2.23. The maximum absolute atomic E-state index is 12.4. The van der Waals surface area contributed by atoms with Crippen molar-refractivity contribution in [2.45, 2.75) is 32.7 Å². The number of nitrogens with zero attached hydrogens (tertiary/aromatic N) is 3. The summed E-state index contributed by atoms with van der Waals surface area (Å²) in [5.74, 6) is 1.29. The zero-order valence-electron chi connectivity index (χ0n) is 16.9. The second kappa shape index (κ2) is 10.1. The summed E-state index contributed by atoms with van der Waals surface area (Å²) in [5, 5.41) is 3.40. The Labute approximate surface area is 189 Å². The minimum Gasteiger partial charge on any atom is -0.459 e. The predicted molar refractivity (Wildman–Crippen MR) is 125 cm³/mol. The first kappa shape index (κ1) is 21.7. The monoisotopic (exact) mass is 508 g/mol. The van der Waals surface area contributed by atoms with Crippen molar-refractivity contribution in [1.29, 1.82) is 0 Å². The van der Waals surface area contributed by atoms with E-state index in [1.54, 1.807) is 18.4 Å². The zero-order valence-corrected chi connectivity index (χ0v) is 19.2. The lowest BCUT2D eigenvalue weighted by Gasteiger charge is -2.36. The number of guanidine groups is 1. The fourth-order valence-electron chi connectivity index (χ4n) is 3.99. The van der Waals surface area contributed by atoms with Crippen LogP contribution in [0.3, 0.4) is 0 Å². The van der Waals surface area contributed by atoms with E-state index in [-0.39, 0.29) is 29.9 Å². The van der Waals surface area contributed by atoms with Crippen LogP contribution in [0.4, 0.5) is 0 Å². The van der Waals surface area contributed by atoms with Gasteiger partial charge < -0.3 is 19.5 Å². The highest BCUT2D eigenvalue weighted by molar-refractivity contribution is 14.0. The Balaban J connectivity index is 0.00000240. The van der Waals surface area contributed by atoms with E-state index in [1.165, 1.54) is 36.0 Å². The Morgan fingerprint density at radius 1 is 1.10 bits per heavy atom. The van der Waals surface area contributed by atoms with E-state index in [4.69, 9.17) is 9.41 Å². The molecule has 156 valence electrons. The van der Waals surface area contributed by atoms with E-state index in [9.17, 15) is 4.79 Å². The number of furan rings is 1. The van der Waals surface area contributed by atoms with Crippen LogP contribution in [0.2, 0.25) is 0 Å². The molecule has 1 saturated heterocycles. The third kappa shape index (κ3) is 5.12. The number of nitrogens with one attached hydrogen (secondary N) is 1. The Kier molecular flexibility index (Phi) is 7.57. The van der Waals surface area contributed by atoms with E-state index >= 15 is 0 Å². The smallest absolute Gasteiger partial charge is 0.289 e. The van der Waals surface area contributed by atoms with Crippen LogP contribution in [0.1, 0.15) is 40.6 Å². The third-order valence-corrected chi connectivity index (χ3v) is 5.51. The van der Waals surface area contributed by atoms with Gasteiger partial charge in [0.05, 0.1) is 12.8 Å². The van der Waals surface area contributed by atoms with Gasteiger partial charge in [0.2, 0.25) is 0 Å². The van der Waals surface area contributed by atoms with E-state index < -0.39 is 0 Å². The molecule has 29 heavy (non-hydrogen) atoms. The van der Waals surface area contributed by atoms with Crippen molar-refractivity contribution >= 4 is 35.8 Å². The van der Waals surface area contributed by atoms with E-state index in [1.807, 2.05) is 4.90 Å². The highest BCUT2D eigenvalue weighted by atomic mass is 127. The Morgan fingerprint density at radius 3 is 2.59 bits per heavy atom. The molecule has 0 bridgehead atoms. The number of rotatable bonds is 4. The maximum atomic E-state index is 12.4. The summed E-state index contributed by atoms with van der Waals surface area (Å²) in [6.45, 7) is 6.47. The SMILES string of the molecule is CCNC(=NCc1ccc2c(c1)CCC2)N1CCN(C(=O)c2ccco2)CC1.I. The van der Waals surface area contributed by atoms with Gasteiger partial charge in [-0.1, -0.05) is 18.2 Å². The highest BCUT2D eigenvalue weighted by Gasteiger charge is 2.25. The summed E-state index contributed by atoms with van der Waals surface area (Å²) < 4.78 is 5.24. The number of fused-ring (bicyclic) bond motifs is 1. The van der Waals surface area contributed by atoms with Gasteiger partial charge in [-0.15, -0.1) is 24.0 Å². The largest absolute Gasteiger partial charge is 0.459 e. The number of hydrogen-bond acceptors (Lipinski definition) is 3. The number of benzene rings is 1. The number of halogens is 1. The molecule has 0 radical (unpaired) electrons. The van der Waals surface area contributed by atoms with Crippen LogP contribution in [0, 0.1) is 0 Å². The second-order valence-electron chi connectivity index (χ2n) is 7.38. The Morgan fingerprint density at radius 2 is 1.86 bits per heavy atom. The van der Waals surface area contributed by atoms with Crippen LogP contribution in [-0.4, -0.2) is 54.4 Å². The molecule has 1 aromatic carbocycles. The lowest BCUT2D eigenvalue weighted by molar-refractivity contribution is 0.0657. The van der Waals surface area contributed by atoms with Crippen LogP contribution in [0.15, 0.2) is 46.0 Å². The van der Waals surface area contributed by atoms with Crippen LogP contribution in [0.5, 0.6) is 0 Å². The fraction of sp³-hybridized carbons (Fsp3) is 0.455. The molecule has 1 fully saturated rings. The molecule has 1 N–H and O–H groups in total. The van der Waals surface area contributed by atoms with E-state index in [0.29, 0.717) is 25.4 Å². The molecule has 2 heterocycles. The molecular weight excluding hydrogens is 479 g/mol.